The molecule has 2 nitrogen and oxygen atoms in total. The van der Waals surface area contributed by atoms with Crippen LogP contribution >= 0.6 is 0 Å². The SMILES string of the molecule is CN(C)C(=O)[Se]c1ccccc1. The van der Waals surface area contributed by atoms with E-state index >= 15 is 0 Å². The molecule has 1 aromatic carbocycles. The van der Waals surface area contributed by atoms with E-state index in [9.17, 15) is 4.79 Å². The third-order valence-corrected chi connectivity index (χ3v) is 3.51. The molecule has 0 radical (unpaired) electrons. The summed E-state index contributed by atoms with van der Waals surface area (Å²) in [6.07, 6.45) is 0. The van der Waals surface area contributed by atoms with Crippen molar-refractivity contribution < 1.29 is 4.79 Å². The molecule has 0 heterocycles. The van der Waals surface area contributed by atoms with Crippen molar-refractivity contribution in [1.82, 2.24) is 4.90 Å². The first-order chi connectivity index (χ1) is 5.70. The van der Waals surface area contributed by atoms with Crippen molar-refractivity contribution in [2.24, 2.45) is 0 Å². The summed E-state index contributed by atoms with van der Waals surface area (Å²) in [6.45, 7) is 0. The van der Waals surface area contributed by atoms with Crippen LogP contribution in [0.15, 0.2) is 30.3 Å². The fraction of sp³-hybridized carbons (Fsp3) is 0.222. The van der Waals surface area contributed by atoms with Gasteiger partial charge in [0.2, 0.25) is 0 Å². The van der Waals surface area contributed by atoms with Crippen molar-refractivity contribution in [3.05, 3.63) is 30.3 Å². The summed E-state index contributed by atoms with van der Waals surface area (Å²) in [5.74, 6) is 0. The third kappa shape index (κ3) is 2.68. The first-order valence-electron chi connectivity index (χ1n) is 3.64. The van der Waals surface area contributed by atoms with Gasteiger partial charge in [0.05, 0.1) is 0 Å². The topological polar surface area (TPSA) is 20.3 Å². The van der Waals surface area contributed by atoms with Crippen LogP contribution in [0.1, 0.15) is 0 Å². The molecule has 64 valence electrons. The van der Waals surface area contributed by atoms with E-state index in [4.69, 9.17) is 0 Å². The monoisotopic (exact) mass is 229 g/mol. The van der Waals surface area contributed by atoms with Gasteiger partial charge in [-0.3, -0.25) is 0 Å². The Kier molecular flexibility index (Phi) is 3.32. The van der Waals surface area contributed by atoms with Gasteiger partial charge in [-0.05, 0) is 0 Å². The van der Waals surface area contributed by atoms with Crippen LogP contribution in [0.3, 0.4) is 0 Å². The Bertz CT molecular complexity index is 258. The van der Waals surface area contributed by atoms with E-state index in [-0.39, 0.29) is 19.8 Å². The van der Waals surface area contributed by atoms with E-state index in [2.05, 4.69) is 0 Å². The second-order valence-electron chi connectivity index (χ2n) is 2.58. The molecule has 0 unspecified atom stereocenters. The molecule has 0 fully saturated rings. The average Bonchev–Trinajstić information content (AvgIpc) is 2.06. The van der Waals surface area contributed by atoms with Gasteiger partial charge in [-0.2, -0.15) is 0 Å². The van der Waals surface area contributed by atoms with Gasteiger partial charge in [-0.25, -0.2) is 0 Å². The van der Waals surface area contributed by atoms with Gasteiger partial charge in [0, 0.05) is 0 Å². The Hall–Kier alpha value is -0.791. The quantitative estimate of drug-likeness (QED) is 0.682. The van der Waals surface area contributed by atoms with Crippen molar-refractivity contribution in [2.45, 2.75) is 0 Å². The zero-order chi connectivity index (χ0) is 8.97. The van der Waals surface area contributed by atoms with Crippen LogP contribution in [-0.2, 0) is 0 Å². The van der Waals surface area contributed by atoms with Crippen molar-refractivity contribution in [2.75, 3.05) is 14.1 Å². The van der Waals surface area contributed by atoms with Crippen LogP contribution in [0, 0.1) is 0 Å². The summed E-state index contributed by atoms with van der Waals surface area (Å²) in [5, 5.41) is 0. The van der Waals surface area contributed by atoms with Gasteiger partial charge in [-0.15, -0.1) is 0 Å². The zero-order valence-corrected chi connectivity index (χ0v) is 8.86. The van der Waals surface area contributed by atoms with Crippen LogP contribution < -0.4 is 4.46 Å². The van der Waals surface area contributed by atoms with Gasteiger partial charge >= 0.3 is 78.3 Å². The number of carbonyl (C=O) groups is 1. The van der Waals surface area contributed by atoms with Gasteiger partial charge in [-0.1, -0.05) is 0 Å². The Morgan fingerprint density at radius 1 is 1.25 bits per heavy atom. The van der Waals surface area contributed by atoms with E-state index in [1.165, 1.54) is 0 Å². The molecule has 0 aromatic heterocycles. The fourth-order valence-electron chi connectivity index (χ4n) is 0.681. The van der Waals surface area contributed by atoms with E-state index < -0.39 is 0 Å². The summed E-state index contributed by atoms with van der Waals surface area (Å²) in [4.78, 5) is 13.1. The standard InChI is InChI=1S/C9H11NOSe/c1-10(2)9(11)12-8-6-4-3-5-7-8/h3-7H,1-2H3. The molecular weight excluding hydrogens is 217 g/mol. The van der Waals surface area contributed by atoms with Crippen LogP contribution in [0.2, 0.25) is 0 Å². The Labute approximate surface area is 78.7 Å². The molecule has 0 atom stereocenters. The molecule has 0 spiro atoms. The number of hydrogen-bond acceptors (Lipinski definition) is 1. The summed E-state index contributed by atoms with van der Waals surface area (Å²) in [6, 6.07) is 9.85. The molecule has 3 heteroatoms. The first kappa shape index (κ1) is 9.30. The van der Waals surface area contributed by atoms with Gasteiger partial charge < -0.3 is 0 Å². The van der Waals surface area contributed by atoms with Crippen molar-refractivity contribution in [1.29, 1.82) is 0 Å². The molecular formula is C9H11NOSe. The van der Waals surface area contributed by atoms with Crippen LogP contribution in [0.4, 0.5) is 4.79 Å². The maximum absolute atomic E-state index is 11.3. The number of nitrogens with zero attached hydrogens (tertiary/aromatic N) is 1. The van der Waals surface area contributed by atoms with Gasteiger partial charge in [0.1, 0.15) is 0 Å². The molecule has 0 aliphatic carbocycles. The molecule has 0 aliphatic heterocycles. The molecule has 1 aromatic rings. The van der Waals surface area contributed by atoms with E-state index in [0.29, 0.717) is 0 Å². The minimum absolute atomic E-state index is 0.0647. The Morgan fingerprint density at radius 2 is 1.83 bits per heavy atom. The van der Waals surface area contributed by atoms with Crippen molar-refractivity contribution in [3.8, 4) is 0 Å². The first-order valence-corrected chi connectivity index (χ1v) is 5.35. The predicted octanol–water partition coefficient (Wildman–Crippen LogP) is 0.698. The third-order valence-electron chi connectivity index (χ3n) is 1.31. The molecule has 0 saturated heterocycles. The summed E-state index contributed by atoms with van der Waals surface area (Å²) < 4.78 is 1.13. The molecule has 0 N–H and O–H groups in total. The Balaban J connectivity index is 2.59. The molecule has 12 heavy (non-hydrogen) atoms. The Morgan fingerprint density at radius 3 is 2.33 bits per heavy atom. The molecule has 0 aliphatic rings. The zero-order valence-electron chi connectivity index (χ0n) is 7.15. The molecule has 1 amide bonds. The fourth-order valence-corrected chi connectivity index (χ4v) is 2.10. The van der Waals surface area contributed by atoms with Gasteiger partial charge in [0.15, 0.2) is 0 Å². The average molecular weight is 228 g/mol. The second kappa shape index (κ2) is 4.29. The summed E-state index contributed by atoms with van der Waals surface area (Å²) >= 11 is -0.0647. The normalized spacial score (nSPS) is 9.50. The van der Waals surface area contributed by atoms with E-state index in [0.717, 1.165) is 4.46 Å². The number of benzene rings is 1. The predicted molar refractivity (Wildman–Crippen MR) is 50.9 cm³/mol. The molecule has 0 saturated carbocycles. The summed E-state index contributed by atoms with van der Waals surface area (Å²) in [7, 11) is 3.57. The molecule has 1 rings (SSSR count). The number of carbonyl (C=O) groups excluding carboxylic acids is 1. The number of rotatable bonds is 2. The van der Waals surface area contributed by atoms with E-state index in [1.54, 1.807) is 19.0 Å². The number of amides is 1. The van der Waals surface area contributed by atoms with Crippen LogP contribution in [0.5, 0.6) is 0 Å². The molecule has 0 bridgehead atoms. The van der Waals surface area contributed by atoms with Crippen LogP contribution in [0.25, 0.3) is 0 Å². The van der Waals surface area contributed by atoms with Crippen LogP contribution in [-0.4, -0.2) is 38.8 Å². The van der Waals surface area contributed by atoms with Gasteiger partial charge in [0.25, 0.3) is 0 Å². The second-order valence-corrected chi connectivity index (χ2v) is 4.73. The van der Waals surface area contributed by atoms with Crippen molar-refractivity contribution >= 4 is 24.2 Å². The summed E-state index contributed by atoms with van der Waals surface area (Å²) in [5.41, 5.74) is 0. The van der Waals surface area contributed by atoms with Crippen molar-refractivity contribution in [3.63, 3.8) is 0 Å². The maximum atomic E-state index is 11.3. The number of hydrogen-bond donors (Lipinski definition) is 0. The van der Waals surface area contributed by atoms with E-state index in [1.807, 2.05) is 30.3 Å². The minimum atomic E-state index is -0.0647.